The van der Waals surface area contributed by atoms with Crippen molar-refractivity contribution in [2.45, 2.75) is 30.2 Å². The number of nitrogens with one attached hydrogen (secondary N) is 2. The summed E-state index contributed by atoms with van der Waals surface area (Å²) in [6.07, 6.45) is 2.23. The van der Waals surface area contributed by atoms with Gasteiger partial charge in [-0.3, -0.25) is 14.9 Å². The molecular weight excluding hydrogens is 386 g/mol. The van der Waals surface area contributed by atoms with Gasteiger partial charge in [-0.15, -0.1) is 0 Å². The van der Waals surface area contributed by atoms with Crippen molar-refractivity contribution in [1.29, 1.82) is 0 Å². The second kappa shape index (κ2) is 8.41. The van der Waals surface area contributed by atoms with Crippen molar-refractivity contribution in [3.63, 3.8) is 0 Å². The summed E-state index contributed by atoms with van der Waals surface area (Å²) in [4.78, 5) is 25.0. The Hall–Kier alpha value is -2.24. The van der Waals surface area contributed by atoms with Gasteiger partial charge in [0.25, 0.3) is 5.69 Å². The third-order valence-electron chi connectivity index (χ3n) is 5.13. The van der Waals surface area contributed by atoms with E-state index in [1.807, 2.05) is 11.9 Å². The third kappa shape index (κ3) is 4.42. The van der Waals surface area contributed by atoms with E-state index in [9.17, 15) is 23.3 Å². The first-order valence-electron chi connectivity index (χ1n) is 9.30. The van der Waals surface area contributed by atoms with Crippen LogP contribution in [-0.2, 0) is 14.8 Å². The summed E-state index contributed by atoms with van der Waals surface area (Å²) >= 11 is 0. The molecule has 1 aromatic rings. The Balaban J connectivity index is 1.86. The molecule has 3 rings (SSSR count). The molecule has 11 heteroatoms. The lowest BCUT2D eigenvalue weighted by Gasteiger charge is -2.31. The summed E-state index contributed by atoms with van der Waals surface area (Å²) in [6, 6.07) is 3.22. The van der Waals surface area contributed by atoms with Gasteiger partial charge in [-0.1, -0.05) is 0 Å². The zero-order chi connectivity index (χ0) is 20.3. The maximum Gasteiger partial charge on any atom is 0.293 e. The summed E-state index contributed by atoms with van der Waals surface area (Å²) in [6.45, 7) is 2.49. The highest BCUT2D eigenvalue weighted by molar-refractivity contribution is 7.89. The zero-order valence-electron chi connectivity index (χ0n) is 15.8. The van der Waals surface area contributed by atoms with Gasteiger partial charge in [-0.25, -0.2) is 8.42 Å². The number of nitrogens with zero attached hydrogens (tertiary/aromatic N) is 3. The van der Waals surface area contributed by atoms with Crippen molar-refractivity contribution >= 4 is 27.3 Å². The zero-order valence-corrected chi connectivity index (χ0v) is 16.6. The van der Waals surface area contributed by atoms with E-state index in [0.717, 1.165) is 18.9 Å². The van der Waals surface area contributed by atoms with E-state index in [1.54, 1.807) is 0 Å². The fourth-order valence-corrected chi connectivity index (χ4v) is 4.83. The van der Waals surface area contributed by atoms with Crippen molar-refractivity contribution in [2.24, 2.45) is 0 Å². The second-order valence-corrected chi connectivity index (χ2v) is 9.07. The standard InChI is InChI=1S/C17H25N5O5S/c1-20-8-10-21(11-9-20)28(26,27)13-5-6-14(16(12-13)22(24)25)19-15-4-2-3-7-18-17(15)23/h5-6,12,15,19H,2-4,7-11H2,1H3,(H,18,23). The van der Waals surface area contributed by atoms with Crippen LogP contribution in [0.4, 0.5) is 11.4 Å². The Morgan fingerprint density at radius 2 is 1.93 bits per heavy atom. The van der Waals surface area contributed by atoms with Crippen molar-refractivity contribution in [3.8, 4) is 0 Å². The largest absolute Gasteiger partial charge is 0.368 e. The van der Waals surface area contributed by atoms with Crippen LogP contribution in [0.5, 0.6) is 0 Å². The van der Waals surface area contributed by atoms with Crippen LogP contribution >= 0.6 is 0 Å². The molecule has 1 amide bonds. The van der Waals surface area contributed by atoms with E-state index >= 15 is 0 Å². The first-order valence-corrected chi connectivity index (χ1v) is 10.7. The normalized spacial score (nSPS) is 22.3. The molecule has 10 nitrogen and oxygen atoms in total. The van der Waals surface area contributed by atoms with Gasteiger partial charge in [-0.05, 0) is 38.4 Å². The van der Waals surface area contributed by atoms with Crippen LogP contribution in [0.15, 0.2) is 23.1 Å². The van der Waals surface area contributed by atoms with E-state index < -0.39 is 21.0 Å². The van der Waals surface area contributed by atoms with E-state index in [0.29, 0.717) is 39.1 Å². The highest BCUT2D eigenvalue weighted by Crippen LogP contribution is 2.30. The minimum Gasteiger partial charge on any atom is -0.368 e. The van der Waals surface area contributed by atoms with E-state index in [2.05, 4.69) is 10.6 Å². The molecule has 1 unspecified atom stereocenters. The van der Waals surface area contributed by atoms with Gasteiger partial charge >= 0.3 is 0 Å². The molecule has 0 bridgehead atoms. The second-order valence-electron chi connectivity index (χ2n) is 7.13. The van der Waals surface area contributed by atoms with Gasteiger partial charge in [0, 0.05) is 38.8 Å². The molecule has 0 aromatic heterocycles. The van der Waals surface area contributed by atoms with Gasteiger partial charge in [0.2, 0.25) is 15.9 Å². The van der Waals surface area contributed by atoms with Gasteiger partial charge in [-0.2, -0.15) is 4.31 Å². The van der Waals surface area contributed by atoms with Crippen LogP contribution in [0.1, 0.15) is 19.3 Å². The molecular formula is C17H25N5O5S. The van der Waals surface area contributed by atoms with Gasteiger partial charge in [0.05, 0.1) is 9.82 Å². The van der Waals surface area contributed by atoms with Crippen LogP contribution in [0, 0.1) is 10.1 Å². The number of likely N-dealkylation sites (N-methyl/N-ethyl adjacent to an activating group) is 1. The van der Waals surface area contributed by atoms with Gasteiger partial charge in [0.1, 0.15) is 11.7 Å². The van der Waals surface area contributed by atoms with E-state index in [4.69, 9.17) is 0 Å². The number of rotatable bonds is 5. The Kier molecular flexibility index (Phi) is 6.16. The van der Waals surface area contributed by atoms with Crippen molar-refractivity contribution < 1.29 is 18.1 Å². The molecule has 0 saturated carbocycles. The number of nitro groups is 1. The molecule has 2 fully saturated rings. The lowest BCUT2D eigenvalue weighted by molar-refractivity contribution is -0.384. The first kappa shape index (κ1) is 20.5. The predicted molar refractivity (Wildman–Crippen MR) is 104 cm³/mol. The summed E-state index contributed by atoms with van der Waals surface area (Å²) in [7, 11) is -1.90. The van der Waals surface area contributed by atoms with E-state index in [1.165, 1.54) is 16.4 Å². The smallest absolute Gasteiger partial charge is 0.293 e. The Morgan fingerprint density at radius 3 is 2.61 bits per heavy atom. The van der Waals surface area contributed by atoms with E-state index in [-0.39, 0.29) is 22.2 Å². The van der Waals surface area contributed by atoms with Crippen molar-refractivity contribution in [1.82, 2.24) is 14.5 Å². The molecule has 0 spiro atoms. The molecule has 2 saturated heterocycles. The number of hydrogen-bond donors (Lipinski definition) is 2. The van der Waals surface area contributed by atoms with Crippen LogP contribution in [0.2, 0.25) is 0 Å². The number of nitro benzene ring substituents is 1. The Labute approximate surface area is 164 Å². The summed E-state index contributed by atoms with van der Waals surface area (Å²) in [5.74, 6) is -0.207. The monoisotopic (exact) mass is 411 g/mol. The predicted octanol–water partition coefficient (Wildman–Crippen LogP) is 0.612. The molecule has 0 radical (unpaired) electrons. The molecule has 1 atom stereocenters. The average molecular weight is 411 g/mol. The van der Waals surface area contributed by atoms with Gasteiger partial charge in [0.15, 0.2) is 0 Å². The van der Waals surface area contributed by atoms with Gasteiger partial charge < -0.3 is 15.5 Å². The topological polar surface area (TPSA) is 125 Å². The summed E-state index contributed by atoms with van der Waals surface area (Å²) in [5, 5.41) is 17.2. The number of carbonyl (C=O) groups excluding carboxylic acids is 1. The summed E-state index contributed by atoms with van der Waals surface area (Å²) in [5.41, 5.74) is -0.211. The number of benzene rings is 1. The third-order valence-corrected chi connectivity index (χ3v) is 7.03. The lowest BCUT2D eigenvalue weighted by Crippen LogP contribution is -2.47. The molecule has 2 heterocycles. The number of piperazine rings is 1. The van der Waals surface area contributed by atoms with Crippen molar-refractivity contribution in [3.05, 3.63) is 28.3 Å². The fourth-order valence-electron chi connectivity index (χ4n) is 3.39. The number of hydrogen-bond acceptors (Lipinski definition) is 7. The highest BCUT2D eigenvalue weighted by atomic mass is 32.2. The molecule has 1 aromatic carbocycles. The van der Waals surface area contributed by atoms with Crippen LogP contribution in [0.25, 0.3) is 0 Å². The minimum absolute atomic E-state index is 0.111. The SMILES string of the molecule is CN1CCN(S(=O)(=O)c2ccc(NC3CCCCNC3=O)c([N+](=O)[O-])c2)CC1. The lowest BCUT2D eigenvalue weighted by atomic mass is 10.1. The molecule has 154 valence electrons. The number of amides is 1. The molecule has 28 heavy (non-hydrogen) atoms. The van der Waals surface area contributed by atoms with Crippen LogP contribution < -0.4 is 10.6 Å². The van der Waals surface area contributed by atoms with Crippen LogP contribution in [-0.4, -0.2) is 74.3 Å². The average Bonchev–Trinajstić information content (AvgIpc) is 2.86. The quantitative estimate of drug-likeness (QED) is 0.537. The maximum absolute atomic E-state index is 12.9. The van der Waals surface area contributed by atoms with Crippen LogP contribution in [0.3, 0.4) is 0 Å². The number of anilines is 1. The number of carbonyl (C=O) groups is 1. The first-order chi connectivity index (χ1) is 13.3. The fraction of sp³-hybridized carbons (Fsp3) is 0.588. The Bertz CT molecular complexity index is 851. The molecule has 0 aliphatic carbocycles. The molecule has 2 N–H and O–H groups in total. The number of sulfonamides is 1. The van der Waals surface area contributed by atoms with Crippen molar-refractivity contribution in [2.75, 3.05) is 45.1 Å². The maximum atomic E-state index is 12.9. The molecule has 2 aliphatic rings. The summed E-state index contributed by atoms with van der Waals surface area (Å²) < 4.78 is 27.1. The minimum atomic E-state index is -3.81. The highest BCUT2D eigenvalue weighted by Gasteiger charge is 2.30. The molecule has 2 aliphatic heterocycles. The Morgan fingerprint density at radius 1 is 1.21 bits per heavy atom.